The minimum atomic E-state index is -0.414. The highest BCUT2D eigenvalue weighted by Crippen LogP contribution is 2.65. The van der Waals surface area contributed by atoms with Crippen LogP contribution in [0.3, 0.4) is 0 Å². The third-order valence-electron chi connectivity index (χ3n) is 8.39. The van der Waals surface area contributed by atoms with Crippen molar-refractivity contribution >= 4 is 6.03 Å². The number of rotatable bonds is 1. The van der Waals surface area contributed by atoms with Gasteiger partial charge < -0.3 is 16.2 Å². The topological polar surface area (TPSA) is 75.3 Å². The highest BCUT2D eigenvalue weighted by atomic mass is 16.3. The number of primary amides is 1. The lowest BCUT2D eigenvalue weighted by molar-refractivity contribution is -0.0741. The van der Waals surface area contributed by atoms with Gasteiger partial charge in [-0.15, -0.1) is 0 Å². The summed E-state index contributed by atoms with van der Waals surface area (Å²) in [6.45, 7) is 4.80. The van der Waals surface area contributed by atoms with Crippen molar-refractivity contribution in [2.24, 2.45) is 34.3 Å². The largest absolute Gasteiger partial charge is 0.393 e. The summed E-state index contributed by atoms with van der Waals surface area (Å²) >= 11 is 0. The molecule has 0 heterocycles. The van der Waals surface area contributed by atoms with Crippen molar-refractivity contribution in [3.63, 3.8) is 0 Å². The second kappa shape index (κ2) is 5.48. The number of allylic oxidation sites excluding steroid dienone is 1. The molecule has 4 heteroatoms. The number of carbonyl (C=O) groups excluding carboxylic acids is 1. The third kappa shape index (κ3) is 2.25. The number of aliphatic hydroxyl groups is 1. The molecule has 0 aromatic rings. The predicted octanol–water partition coefficient (Wildman–Crippen LogP) is 3.35. The van der Waals surface area contributed by atoms with Gasteiger partial charge in [0.25, 0.3) is 0 Å². The Morgan fingerprint density at radius 2 is 1.96 bits per heavy atom. The molecule has 0 aromatic heterocycles. The number of aliphatic hydroxyl groups excluding tert-OH is 1. The SMILES string of the molecule is C[C@]12CC[C@H]3[C@@H](CCC4=C[C@H](NC(N)=O)CC[C@@]43C)[C@H]1CC[C@@H]2O. The molecule has 3 saturated carbocycles. The Kier molecular flexibility index (Phi) is 3.76. The van der Waals surface area contributed by atoms with Gasteiger partial charge in [-0.05, 0) is 80.0 Å². The Morgan fingerprint density at radius 3 is 2.71 bits per heavy atom. The fourth-order valence-corrected chi connectivity index (χ4v) is 7.00. The molecule has 4 nitrogen and oxygen atoms in total. The van der Waals surface area contributed by atoms with E-state index in [-0.39, 0.29) is 23.0 Å². The molecule has 0 radical (unpaired) electrons. The van der Waals surface area contributed by atoms with E-state index >= 15 is 0 Å². The fraction of sp³-hybridized carbons (Fsp3) is 0.850. The van der Waals surface area contributed by atoms with E-state index in [4.69, 9.17) is 5.73 Å². The summed E-state index contributed by atoms with van der Waals surface area (Å²) in [6.07, 6.45) is 11.4. The first kappa shape index (κ1) is 16.4. The summed E-state index contributed by atoms with van der Waals surface area (Å²) < 4.78 is 0. The molecular formula is C20H32N2O2. The maximum atomic E-state index is 11.2. The summed E-state index contributed by atoms with van der Waals surface area (Å²) in [5, 5.41) is 13.4. The predicted molar refractivity (Wildman–Crippen MR) is 94.2 cm³/mol. The molecule has 2 amide bonds. The fourth-order valence-electron chi connectivity index (χ4n) is 7.00. The van der Waals surface area contributed by atoms with Crippen LogP contribution in [-0.4, -0.2) is 23.3 Å². The smallest absolute Gasteiger partial charge is 0.312 e. The molecule has 24 heavy (non-hydrogen) atoms. The van der Waals surface area contributed by atoms with Crippen LogP contribution in [0.2, 0.25) is 0 Å². The third-order valence-corrected chi connectivity index (χ3v) is 8.39. The maximum Gasteiger partial charge on any atom is 0.312 e. The Hall–Kier alpha value is -1.03. The lowest BCUT2D eigenvalue weighted by Crippen LogP contribution is -2.52. The van der Waals surface area contributed by atoms with Crippen molar-refractivity contribution in [1.29, 1.82) is 0 Å². The van der Waals surface area contributed by atoms with Crippen LogP contribution in [0.25, 0.3) is 0 Å². The van der Waals surface area contributed by atoms with E-state index in [1.165, 1.54) is 25.7 Å². The molecule has 0 saturated heterocycles. The average Bonchev–Trinajstić information content (AvgIpc) is 2.83. The van der Waals surface area contributed by atoms with Gasteiger partial charge in [-0.2, -0.15) is 0 Å². The number of nitrogens with one attached hydrogen (secondary N) is 1. The molecule has 3 fully saturated rings. The van der Waals surface area contributed by atoms with E-state index < -0.39 is 6.03 Å². The van der Waals surface area contributed by atoms with Gasteiger partial charge in [-0.25, -0.2) is 4.79 Å². The summed E-state index contributed by atoms with van der Waals surface area (Å²) in [5.74, 6) is 2.21. The first-order chi connectivity index (χ1) is 11.3. The molecule has 0 unspecified atom stereocenters. The summed E-state index contributed by atoms with van der Waals surface area (Å²) in [4.78, 5) is 11.2. The van der Waals surface area contributed by atoms with Crippen LogP contribution in [-0.2, 0) is 0 Å². The van der Waals surface area contributed by atoms with E-state index in [1.807, 2.05) is 0 Å². The van der Waals surface area contributed by atoms with Gasteiger partial charge in [0.1, 0.15) is 0 Å². The van der Waals surface area contributed by atoms with Gasteiger partial charge in [0.2, 0.25) is 0 Å². The van der Waals surface area contributed by atoms with E-state index in [1.54, 1.807) is 5.57 Å². The van der Waals surface area contributed by atoms with Crippen LogP contribution in [0.15, 0.2) is 11.6 Å². The molecular weight excluding hydrogens is 300 g/mol. The highest BCUT2D eigenvalue weighted by Gasteiger charge is 2.58. The Morgan fingerprint density at radius 1 is 1.17 bits per heavy atom. The number of hydrogen-bond donors (Lipinski definition) is 3. The maximum absolute atomic E-state index is 11.2. The van der Waals surface area contributed by atoms with Crippen molar-refractivity contribution in [3.05, 3.63) is 11.6 Å². The first-order valence-corrected chi connectivity index (χ1v) is 9.80. The van der Waals surface area contributed by atoms with E-state index in [0.29, 0.717) is 5.92 Å². The molecule has 4 N–H and O–H groups in total. The summed E-state index contributed by atoms with van der Waals surface area (Å²) in [5.41, 5.74) is 7.31. The Balaban J connectivity index is 1.60. The van der Waals surface area contributed by atoms with Gasteiger partial charge in [0.05, 0.1) is 6.10 Å². The van der Waals surface area contributed by atoms with Crippen LogP contribution in [0.1, 0.15) is 65.2 Å². The van der Waals surface area contributed by atoms with Crippen LogP contribution >= 0.6 is 0 Å². The number of amides is 2. The van der Waals surface area contributed by atoms with Gasteiger partial charge in [0, 0.05) is 6.04 Å². The van der Waals surface area contributed by atoms with E-state index in [9.17, 15) is 9.90 Å². The zero-order valence-corrected chi connectivity index (χ0v) is 15.1. The lowest BCUT2D eigenvalue weighted by Gasteiger charge is -2.58. The lowest BCUT2D eigenvalue weighted by atomic mass is 9.47. The van der Waals surface area contributed by atoms with Crippen molar-refractivity contribution < 1.29 is 9.90 Å². The van der Waals surface area contributed by atoms with Gasteiger partial charge in [0.15, 0.2) is 0 Å². The molecule has 0 bridgehead atoms. The second-order valence-corrected chi connectivity index (χ2v) is 9.32. The van der Waals surface area contributed by atoms with Gasteiger partial charge in [-0.1, -0.05) is 25.5 Å². The molecule has 0 aromatic carbocycles. The number of urea groups is 1. The monoisotopic (exact) mass is 332 g/mol. The van der Waals surface area contributed by atoms with Crippen LogP contribution in [0, 0.1) is 28.6 Å². The zero-order valence-electron chi connectivity index (χ0n) is 15.1. The first-order valence-electron chi connectivity index (χ1n) is 9.80. The molecule has 134 valence electrons. The number of nitrogens with two attached hydrogens (primary N) is 1. The van der Waals surface area contributed by atoms with Crippen LogP contribution in [0.4, 0.5) is 4.79 Å². The number of hydrogen-bond acceptors (Lipinski definition) is 2. The van der Waals surface area contributed by atoms with Crippen molar-refractivity contribution in [2.75, 3.05) is 0 Å². The number of fused-ring (bicyclic) bond motifs is 5. The Labute approximate surface area is 145 Å². The minimum Gasteiger partial charge on any atom is -0.393 e. The molecule has 4 rings (SSSR count). The van der Waals surface area contributed by atoms with E-state index in [0.717, 1.165) is 37.5 Å². The van der Waals surface area contributed by atoms with Crippen molar-refractivity contribution in [2.45, 2.75) is 77.4 Å². The molecule has 4 aliphatic rings. The molecule has 0 aliphatic heterocycles. The highest BCUT2D eigenvalue weighted by molar-refractivity contribution is 5.72. The quantitative estimate of drug-likeness (QED) is 0.644. The van der Waals surface area contributed by atoms with Crippen molar-refractivity contribution in [3.8, 4) is 0 Å². The molecule has 7 atom stereocenters. The van der Waals surface area contributed by atoms with Crippen molar-refractivity contribution in [1.82, 2.24) is 5.32 Å². The summed E-state index contributed by atoms with van der Waals surface area (Å²) in [6, 6.07) is -0.299. The summed E-state index contributed by atoms with van der Waals surface area (Å²) in [7, 11) is 0. The average molecular weight is 332 g/mol. The normalized spacial score (nSPS) is 50.3. The second-order valence-electron chi connectivity index (χ2n) is 9.32. The number of carbonyl (C=O) groups is 1. The standard InChI is InChI=1S/C20H32N2O2/c1-19-9-7-13(22-18(21)24)11-12(19)3-4-14-15-5-6-17(23)20(15,2)10-8-16(14)19/h11,13-17,23H,3-10H2,1-2H3,(H3,21,22,24)/t13-,14+,15-,16+,17+,19+,20+/m1/s1. The Bertz CT molecular complexity index is 574. The molecule has 0 spiro atoms. The van der Waals surface area contributed by atoms with Gasteiger partial charge in [-0.3, -0.25) is 0 Å². The van der Waals surface area contributed by atoms with Crippen LogP contribution < -0.4 is 11.1 Å². The zero-order chi connectivity index (χ0) is 17.1. The molecule has 4 aliphatic carbocycles. The van der Waals surface area contributed by atoms with Gasteiger partial charge >= 0.3 is 6.03 Å². The van der Waals surface area contributed by atoms with Crippen LogP contribution in [0.5, 0.6) is 0 Å². The minimum absolute atomic E-state index is 0.0938. The van der Waals surface area contributed by atoms with E-state index in [2.05, 4.69) is 25.2 Å².